The van der Waals surface area contributed by atoms with Gasteiger partial charge in [0.2, 0.25) is 0 Å². The minimum atomic E-state index is -1.14. The van der Waals surface area contributed by atoms with Gasteiger partial charge in [-0.15, -0.1) is 0 Å². The van der Waals surface area contributed by atoms with Crippen LogP contribution < -0.4 is 9.64 Å². The van der Waals surface area contributed by atoms with Gasteiger partial charge < -0.3 is 4.74 Å². The summed E-state index contributed by atoms with van der Waals surface area (Å²) in [5, 5.41) is 0. The molecule has 3 rings (SSSR count). The van der Waals surface area contributed by atoms with Crippen molar-refractivity contribution in [2.24, 2.45) is 0 Å². The number of urea groups is 1. The number of ether oxygens (including phenoxy) is 1. The molecule has 2 aromatic carbocycles. The molecule has 132 valence electrons. The van der Waals surface area contributed by atoms with E-state index in [-0.39, 0.29) is 11.3 Å². The number of methoxy groups -OCH3 is 1. The number of anilines is 1. The molecule has 2 aromatic rings. The number of imide groups is 2. The second-order valence-electron chi connectivity index (χ2n) is 5.42. The highest BCUT2D eigenvalue weighted by Crippen LogP contribution is 2.25. The molecule has 0 aromatic heterocycles. The number of Topliss-reactive ketones (excluding diaryl/α,β-unsaturated/α-hetero) is 1. The fourth-order valence-electron chi connectivity index (χ4n) is 2.52. The summed E-state index contributed by atoms with van der Waals surface area (Å²) < 4.78 is 18.7. The number of nitrogens with zero attached hydrogens (tertiary/aromatic N) is 2. The second-order valence-corrected chi connectivity index (χ2v) is 5.42. The molecule has 0 aliphatic carbocycles. The topological polar surface area (TPSA) is 84.0 Å². The fourth-order valence-corrected chi connectivity index (χ4v) is 2.52. The standard InChI is InChI=1S/C18H13FN2O5/c1-26-12-8-6-11(7-9-12)21-17(24)16(23)20(18(21)25)10-15(22)13-4-2-3-5-14(13)19/h2-9H,10H2,1H3. The molecule has 1 saturated heterocycles. The number of benzene rings is 2. The van der Waals surface area contributed by atoms with Crippen LogP contribution in [0.4, 0.5) is 14.9 Å². The molecule has 0 unspecified atom stereocenters. The van der Waals surface area contributed by atoms with Crippen LogP contribution in [-0.4, -0.2) is 42.2 Å². The highest BCUT2D eigenvalue weighted by molar-refractivity contribution is 6.53. The average molecular weight is 356 g/mol. The van der Waals surface area contributed by atoms with Crippen LogP contribution in [0, 0.1) is 5.82 Å². The van der Waals surface area contributed by atoms with Crippen molar-refractivity contribution in [1.29, 1.82) is 0 Å². The van der Waals surface area contributed by atoms with E-state index in [1.54, 1.807) is 0 Å². The molecule has 0 saturated carbocycles. The average Bonchev–Trinajstić information content (AvgIpc) is 2.85. The maximum absolute atomic E-state index is 13.7. The van der Waals surface area contributed by atoms with Gasteiger partial charge in [0, 0.05) is 0 Å². The third-order valence-electron chi connectivity index (χ3n) is 3.86. The zero-order valence-corrected chi connectivity index (χ0v) is 13.6. The van der Waals surface area contributed by atoms with Gasteiger partial charge in [0.15, 0.2) is 5.78 Å². The first-order chi connectivity index (χ1) is 12.4. The largest absolute Gasteiger partial charge is 0.497 e. The fraction of sp³-hybridized carbons (Fsp3) is 0.111. The van der Waals surface area contributed by atoms with E-state index >= 15 is 0 Å². The summed E-state index contributed by atoms with van der Waals surface area (Å²) in [6, 6.07) is 10.2. The molecule has 0 bridgehead atoms. The van der Waals surface area contributed by atoms with Crippen molar-refractivity contribution in [3.05, 3.63) is 59.9 Å². The molecule has 26 heavy (non-hydrogen) atoms. The first-order valence-electron chi connectivity index (χ1n) is 7.55. The van der Waals surface area contributed by atoms with Crippen molar-refractivity contribution in [2.75, 3.05) is 18.6 Å². The van der Waals surface area contributed by atoms with Crippen LogP contribution >= 0.6 is 0 Å². The molecule has 1 fully saturated rings. The lowest BCUT2D eigenvalue weighted by Crippen LogP contribution is -2.37. The lowest BCUT2D eigenvalue weighted by atomic mass is 10.1. The molecule has 0 spiro atoms. The van der Waals surface area contributed by atoms with Gasteiger partial charge in [-0.25, -0.2) is 19.0 Å². The molecule has 0 radical (unpaired) electrons. The summed E-state index contributed by atoms with van der Waals surface area (Å²) in [5.41, 5.74) is -0.0987. The van der Waals surface area contributed by atoms with E-state index < -0.39 is 36.0 Å². The van der Waals surface area contributed by atoms with Crippen molar-refractivity contribution >= 4 is 29.3 Å². The number of carbonyl (C=O) groups excluding carboxylic acids is 4. The van der Waals surface area contributed by atoms with Crippen LogP contribution in [-0.2, 0) is 9.59 Å². The summed E-state index contributed by atoms with van der Waals surface area (Å²) in [5.74, 6) is -3.27. The van der Waals surface area contributed by atoms with Crippen molar-refractivity contribution in [2.45, 2.75) is 0 Å². The molecule has 0 N–H and O–H groups in total. The Morgan fingerprint density at radius 1 is 1.00 bits per heavy atom. The summed E-state index contributed by atoms with van der Waals surface area (Å²) >= 11 is 0. The zero-order valence-electron chi connectivity index (χ0n) is 13.6. The SMILES string of the molecule is COc1ccc(N2C(=O)C(=O)N(CC(=O)c3ccccc3F)C2=O)cc1. The Balaban J connectivity index is 1.84. The molecular formula is C18H13FN2O5. The summed E-state index contributed by atoms with van der Waals surface area (Å²) in [6.45, 7) is -0.725. The van der Waals surface area contributed by atoms with Gasteiger partial charge in [-0.2, -0.15) is 0 Å². The van der Waals surface area contributed by atoms with Crippen LogP contribution in [0.2, 0.25) is 0 Å². The van der Waals surface area contributed by atoms with Gasteiger partial charge >= 0.3 is 17.8 Å². The van der Waals surface area contributed by atoms with Gasteiger partial charge in [0.25, 0.3) is 0 Å². The first kappa shape index (κ1) is 17.3. The second kappa shape index (κ2) is 6.75. The van der Waals surface area contributed by atoms with E-state index in [9.17, 15) is 23.6 Å². The lowest BCUT2D eigenvalue weighted by molar-refractivity contribution is -0.139. The van der Waals surface area contributed by atoms with E-state index in [0.29, 0.717) is 15.5 Å². The Hall–Kier alpha value is -3.55. The number of amides is 4. The summed E-state index contributed by atoms with van der Waals surface area (Å²) in [6.07, 6.45) is 0. The van der Waals surface area contributed by atoms with Crippen LogP contribution in [0.5, 0.6) is 5.75 Å². The van der Waals surface area contributed by atoms with Crippen molar-refractivity contribution in [3.63, 3.8) is 0 Å². The molecule has 8 heteroatoms. The number of hydrogen-bond donors (Lipinski definition) is 0. The van der Waals surface area contributed by atoms with Gasteiger partial charge in [0.1, 0.15) is 11.6 Å². The Morgan fingerprint density at radius 2 is 1.65 bits per heavy atom. The maximum Gasteiger partial charge on any atom is 0.339 e. The molecule has 7 nitrogen and oxygen atoms in total. The maximum atomic E-state index is 13.7. The van der Waals surface area contributed by atoms with Crippen molar-refractivity contribution < 1.29 is 28.3 Å². The Kier molecular flexibility index (Phi) is 4.49. The van der Waals surface area contributed by atoms with E-state index in [1.165, 1.54) is 49.6 Å². The smallest absolute Gasteiger partial charge is 0.339 e. The summed E-state index contributed by atoms with van der Waals surface area (Å²) in [7, 11) is 1.46. The molecule has 1 aliphatic heterocycles. The molecule has 1 heterocycles. The molecule has 0 atom stereocenters. The van der Waals surface area contributed by atoms with Gasteiger partial charge in [-0.3, -0.25) is 14.4 Å². The summed E-state index contributed by atoms with van der Waals surface area (Å²) in [4.78, 5) is 50.1. The monoisotopic (exact) mass is 356 g/mol. The van der Waals surface area contributed by atoms with E-state index in [1.807, 2.05) is 0 Å². The first-order valence-corrected chi connectivity index (χ1v) is 7.55. The van der Waals surface area contributed by atoms with Crippen molar-refractivity contribution in [3.8, 4) is 5.75 Å². The highest BCUT2D eigenvalue weighted by Gasteiger charge is 2.46. The Labute approximate surface area is 147 Å². The molecular weight excluding hydrogens is 343 g/mol. The molecule has 4 amide bonds. The highest BCUT2D eigenvalue weighted by atomic mass is 19.1. The Morgan fingerprint density at radius 3 is 2.27 bits per heavy atom. The van der Waals surface area contributed by atoms with E-state index in [4.69, 9.17) is 4.74 Å². The number of hydrogen-bond acceptors (Lipinski definition) is 5. The van der Waals surface area contributed by atoms with Crippen LogP contribution in [0.15, 0.2) is 48.5 Å². The minimum absolute atomic E-state index is 0.162. The van der Waals surface area contributed by atoms with E-state index in [2.05, 4.69) is 0 Å². The predicted molar refractivity (Wildman–Crippen MR) is 88.3 cm³/mol. The lowest BCUT2D eigenvalue weighted by Gasteiger charge is -2.15. The molecule has 1 aliphatic rings. The zero-order chi connectivity index (χ0) is 18.8. The predicted octanol–water partition coefficient (Wildman–Crippen LogP) is 2.01. The van der Waals surface area contributed by atoms with Crippen LogP contribution in [0.3, 0.4) is 0 Å². The Bertz CT molecular complexity index is 910. The number of rotatable bonds is 5. The van der Waals surface area contributed by atoms with Gasteiger partial charge in [0.05, 0.1) is 24.9 Å². The van der Waals surface area contributed by atoms with Crippen LogP contribution in [0.1, 0.15) is 10.4 Å². The normalized spacial score (nSPS) is 14.2. The van der Waals surface area contributed by atoms with Gasteiger partial charge in [-0.05, 0) is 36.4 Å². The number of carbonyl (C=O) groups is 4. The minimum Gasteiger partial charge on any atom is -0.497 e. The third kappa shape index (κ3) is 2.92. The third-order valence-corrected chi connectivity index (χ3v) is 3.86. The quantitative estimate of drug-likeness (QED) is 0.465. The number of halogens is 1. The van der Waals surface area contributed by atoms with E-state index in [0.717, 1.165) is 6.07 Å². The van der Waals surface area contributed by atoms with Crippen molar-refractivity contribution in [1.82, 2.24) is 4.90 Å². The number of ketones is 1. The van der Waals surface area contributed by atoms with Crippen LogP contribution in [0.25, 0.3) is 0 Å². The van der Waals surface area contributed by atoms with Gasteiger partial charge in [-0.1, -0.05) is 12.1 Å².